The first-order valence-electron chi connectivity index (χ1n) is 13.6. The molecule has 0 bridgehead atoms. The van der Waals surface area contributed by atoms with E-state index in [-0.39, 0.29) is 18.7 Å². The highest BCUT2D eigenvalue weighted by molar-refractivity contribution is 8.76. The van der Waals surface area contributed by atoms with E-state index in [1.807, 2.05) is 6.08 Å². The fourth-order valence-corrected chi connectivity index (χ4v) is 4.79. The molecule has 8 nitrogen and oxygen atoms in total. The van der Waals surface area contributed by atoms with Gasteiger partial charge in [-0.3, -0.25) is 10.1 Å². The van der Waals surface area contributed by atoms with Crippen molar-refractivity contribution in [2.24, 2.45) is 0 Å². The molecule has 1 amide bonds. The maximum atomic E-state index is 11.9. The molecule has 0 fully saturated rings. The van der Waals surface area contributed by atoms with Crippen LogP contribution in [0.3, 0.4) is 0 Å². The highest BCUT2D eigenvalue weighted by Crippen LogP contribution is 2.19. The highest BCUT2D eigenvalue weighted by Gasteiger charge is 2.43. The minimum atomic E-state index is -2.70. The van der Waals surface area contributed by atoms with E-state index in [4.69, 9.17) is 5.11 Å². The summed E-state index contributed by atoms with van der Waals surface area (Å²) in [7, 11) is 2.91. The summed E-state index contributed by atoms with van der Waals surface area (Å²) in [5, 5.41) is 33.2. The average molecular weight is 595 g/mol. The second-order valence-corrected chi connectivity index (χ2v) is 11.2. The van der Waals surface area contributed by atoms with Crippen molar-refractivity contribution >= 4 is 39.8 Å². The number of amides is 1. The molecule has 0 aromatic heterocycles. The Morgan fingerprint density at radius 3 is 1.68 bits per heavy atom. The van der Waals surface area contributed by atoms with E-state index in [0.29, 0.717) is 30.9 Å². The highest BCUT2D eigenvalue weighted by atomic mass is 33.1. The molecule has 5 N–H and O–H groups in total. The lowest BCUT2D eigenvalue weighted by Gasteiger charge is -2.26. The number of aldehydes is 1. The average Bonchev–Trinajstić information content (AvgIpc) is 2.94. The summed E-state index contributed by atoms with van der Waals surface area (Å²) in [6.07, 6.45) is 30.6. The molecule has 10 heteroatoms. The van der Waals surface area contributed by atoms with Crippen molar-refractivity contribution in [2.75, 3.05) is 24.6 Å². The summed E-state index contributed by atoms with van der Waals surface area (Å²) in [5.74, 6) is -0.642. The number of aliphatic hydroxyl groups excluding tert-OH is 1. The van der Waals surface area contributed by atoms with Crippen LogP contribution in [0.2, 0.25) is 0 Å². The van der Waals surface area contributed by atoms with Gasteiger partial charge in [-0.2, -0.15) is 0 Å². The van der Waals surface area contributed by atoms with E-state index in [0.717, 1.165) is 38.5 Å². The van der Waals surface area contributed by atoms with Crippen molar-refractivity contribution in [1.82, 2.24) is 10.6 Å². The quantitative estimate of drug-likeness (QED) is 0.0329. The molecule has 0 heterocycles. The number of carboxylic acid groups (broad SMARTS) is 1. The molecule has 40 heavy (non-hydrogen) atoms. The Kier molecular flexibility index (Phi) is 25.2. The number of carbonyl (C=O) groups excluding carboxylic acids is 2. The molecule has 0 spiro atoms. The van der Waals surface area contributed by atoms with Gasteiger partial charge in [0.05, 0.1) is 0 Å². The van der Waals surface area contributed by atoms with Crippen molar-refractivity contribution in [3.8, 4) is 0 Å². The van der Waals surface area contributed by atoms with Crippen LogP contribution >= 0.6 is 21.6 Å². The summed E-state index contributed by atoms with van der Waals surface area (Å²) < 4.78 is 0. The molecule has 0 aromatic rings. The Hall–Kier alpha value is -2.37. The van der Waals surface area contributed by atoms with Crippen molar-refractivity contribution in [3.63, 3.8) is 0 Å². The zero-order valence-electron chi connectivity index (χ0n) is 23.5. The summed E-state index contributed by atoms with van der Waals surface area (Å²) >= 11 is 0. The zero-order chi connectivity index (χ0) is 29.7. The summed E-state index contributed by atoms with van der Waals surface area (Å²) in [5.41, 5.74) is -2.70. The Balaban J connectivity index is 3.69. The van der Waals surface area contributed by atoms with Gasteiger partial charge in [0.25, 0.3) is 0 Å². The van der Waals surface area contributed by atoms with Crippen molar-refractivity contribution in [2.45, 2.75) is 70.1 Å². The number of rotatable bonds is 25. The van der Waals surface area contributed by atoms with Gasteiger partial charge in [0, 0.05) is 31.0 Å². The van der Waals surface area contributed by atoms with Gasteiger partial charge in [-0.25, -0.2) is 4.79 Å². The van der Waals surface area contributed by atoms with E-state index in [9.17, 15) is 24.6 Å². The van der Waals surface area contributed by atoms with E-state index < -0.39 is 17.8 Å². The van der Waals surface area contributed by atoms with Gasteiger partial charge in [-0.15, -0.1) is 0 Å². The van der Waals surface area contributed by atoms with E-state index in [1.165, 1.54) is 21.6 Å². The first-order valence-corrected chi connectivity index (χ1v) is 16.1. The van der Waals surface area contributed by atoms with E-state index in [1.54, 1.807) is 0 Å². The van der Waals surface area contributed by atoms with Gasteiger partial charge < -0.3 is 25.4 Å². The molecule has 2 atom stereocenters. The number of hydrogen-bond acceptors (Lipinski definition) is 8. The van der Waals surface area contributed by atoms with Crippen molar-refractivity contribution in [3.05, 3.63) is 72.9 Å². The predicted octanol–water partition coefficient (Wildman–Crippen LogP) is 4.88. The molecule has 0 aliphatic heterocycles. The summed E-state index contributed by atoms with van der Waals surface area (Å²) in [6, 6.07) is 0. The van der Waals surface area contributed by atoms with Gasteiger partial charge in [0.15, 0.2) is 12.4 Å². The molecular formula is C30H46N2O6S2. The van der Waals surface area contributed by atoms with Crippen LogP contribution in [-0.4, -0.2) is 69.9 Å². The Morgan fingerprint density at radius 1 is 0.775 bits per heavy atom. The van der Waals surface area contributed by atoms with Gasteiger partial charge in [0.2, 0.25) is 11.6 Å². The van der Waals surface area contributed by atoms with Gasteiger partial charge in [-0.1, -0.05) is 101 Å². The van der Waals surface area contributed by atoms with E-state index >= 15 is 0 Å². The van der Waals surface area contributed by atoms with Gasteiger partial charge in [-0.05, 0) is 44.9 Å². The third-order valence-electron chi connectivity index (χ3n) is 5.19. The zero-order valence-corrected chi connectivity index (χ0v) is 25.1. The lowest BCUT2D eigenvalue weighted by atomic mass is 10.1. The van der Waals surface area contributed by atoms with Crippen LogP contribution in [0.4, 0.5) is 0 Å². The topological polar surface area (TPSA) is 136 Å². The number of nitrogens with one attached hydrogen (secondary N) is 2. The van der Waals surface area contributed by atoms with Gasteiger partial charge in [0.1, 0.15) is 0 Å². The number of carbonyl (C=O) groups is 3. The largest absolute Gasteiger partial charge is 0.478 e. The maximum absolute atomic E-state index is 11.9. The third kappa shape index (κ3) is 21.5. The maximum Gasteiger partial charge on any atom is 0.354 e. The second-order valence-electron chi connectivity index (χ2n) is 8.53. The molecule has 224 valence electrons. The number of aliphatic hydroxyl groups is 2. The van der Waals surface area contributed by atoms with Crippen LogP contribution in [-0.2, 0) is 14.4 Å². The van der Waals surface area contributed by atoms with Crippen LogP contribution in [0.25, 0.3) is 0 Å². The Labute approximate surface area is 247 Å². The van der Waals surface area contributed by atoms with Crippen molar-refractivity contribution < 1.29 is 29.7 Å². The lowest BCUT2D eigenvalue weighted by molar-refractivity contribution is -0.178. The molecule has 0 unspecified atom stereocenters. The van der Waals surface area contributed by atoms with Gasteiger partial charge >= 0.3 is 5.97 Å². The molecule has 0 aliphatic carbocycles. The van der Waals surface area contributed by atoms with Crippen LogP contribution in [0.1, 0.15) is 58.3 Å². The van der Waals surface area contributed by atoms with Crippen LogP contribution in [0.15, 0.2) is 72.9 Å². The SMILES string of the molecule is CCC=CCC=CCC=CCC=CCC=CCC=CCCC(=O)NCCSSCCN[C@](O)(C(=O)O)[C@@H](O)C=O. The first-order chi connectivity index (χ1) is 19.4. The number of hydrogen-bond donors (Lipinski definition) is 5. The number of allylic oxidation sites excluding steroid dienone is 12. The standard InChI is InChI=1S/C30H46N2O6S2/c1-2-3-4-5-6-7-8-9-10-11-12-13-14-15-16-17-18-19-20-21-28(35)31-22-24-39-40-25-23-32-30(38,29(36)37)27(34)26-33/h3-4,6-7,9-10,12-13,15-16,18-19,26-27,32,34,38H,2,5,8,11,14,17,20-25H2,1H3,(H,31,35)(H,36,37)/t27-,30+/m0/s1. The van der Waals surface area contributed by atoms with Crippen LogP contribution in [0, 0.1) is 0 Å². The summed E-state index contributed by atoms with van der Waals surface area (Å²) in [4.78, 5) is 33.5. The second kappa shape index (κ2) is 26.8. The summed E-state index contributed by atoms with van der Waals surface area (Å²) in [6.45, 7) is 2.72. The van der Waals surface area contributed by atoms with Crippen LogP contribution < -0.4 is 10.6 Å². The Morgan fingerprint density at radius 2 is 1.23 bits per heavy atom. The minimum Gasteiger partial charge on any atom is -0.478 e. The Bertz CT molecular complexity index is 870. The molecule has 0 aliphatic rings. The fourth-order valence-electron chi connectivity index (χ4n) is 2.98. The lowest BCUT2D eigenvalue weighted by Crippen LogP contribution is -2.61. The molecule has 0 aromatic carbocycles. The van der Waals surface area contributed by atoms with E-state index in [2.05, 4.69) is 84.4 Å². The minimum absolute atomic E-state index is 0.0128. The smallest absolute Gasteiger partial charge is 0.354 e. The molecular weight excluding hydrogens is 548 g/mol. The molecule has 0 radical (unpaired) electrons. The molecule has 0 saturated heterocycles. The molecule has 0 saturated carbocycles. The van der Waals surface area contributed by atoms with Crippen molar-refractivity contribution in [1.29, 1.82) is 0 Å². The number of aliphatic carboxylic acids is 1. The number of carboxylic acids is 1. The fraction of sp³-hybridized carbons (Fsp3) is 0.500. The first kappa shape index (κ1) is 37.6. The predicted molar refractivity (Wildman–Crippen MR) is 168 cm³/mol. The third-order valence-corrected chi connectivity index (χ3v) is 7.60. The normalized spacial score (nSPS) is 14.8. The van der Waals surface area contributed by atoms with Crippen LogP contribution in [0.5, 0.6) is 0 Å². The molecule has 0 rings (SSSR count). The monoisotopic (exact) mass is 594 g/mol.